The highest BCUT2D eigenvalue weighted by Crippen LogP contribution is 2.39. The van der Waals surface area contributed by atoms with Gasteiger partial charge in [-0.05, 0) is 56.4 Å². The van der Waals surface area contributed by atoms with Crippen molar-refractivity contribution in [2.45, 2.75) is 38.6 Å². The van der Waals surface area contributed by atoms with Crippen molar-refractivity contribution in [1.82, 2.24) is 9.80 Å². The molecule has 0 spiro atoms. The normalized spacial score (nSPS) is 17.5. The number of thiophene rings is 1. The van der Waals surface area contributed by atoms with Gasteiger partial charge in [0.25, 0.3) is 11.8 Å². The number of anilines is 1. The van der Waals surface area contributed by atoms with Crippen LogP contribution in [0.2, 0.25) is 5.02 Å². The maximum absolute atomic E-state index is 13.0. The van der Waals surface area contributed by atoms with E-state index in [2.05, 4.69) is 10.2 Å². The van der Waals surface area contributed by atoms with Gasteiger partial charge in [-0.25, -0.2) is 0 Å². The minimum Gasteiger partial charge on any atom is -0.365 e. The SMILES string of the molecule is CC(C(=O)Nc1sc2c(c1C(N)=O)CCC2)N1CCCN(C(=O)c2cccc(Cl)c2)CC1. The topological polar surface area (TPSA) is 95.7 Å². The van der Waals surface area contributed by atoms with Crippen LogP contribution in [-0.4, -0.2) is 59.7 Å². The highest BCUT2D eigenvalue weighted by atomic mass is 35.5. The number of hydrogen-bond donors (Lipinski definition) is 2. The number of benzene rings is 1. The molecule has 1 unspecified atom stereocenters. The fourth-order valence-corrected chi connectivity index (χ4v) is 5.95. The van der Waals surface area contributed by atoms with E-state index >= 15 is 0 Å². The number of hydrogen-bond acceptors (Lipinski definition) is 5. The van der Waals surface area contributed by atoms with E-state index in [1.165, 1.54) is 11.3 Å². The van der Waals surface area contributed by atoms with Crippen molar-refractivity contribution in [3.8, 4) is 0 Å². The molecular formula is C23H27ClN4O3S. The van der Waals surface area contributed by atoms with Crippen LogP contribution in [0.1, 0.15) is 50.9 Å². The number of halogens is 1. The van der Waals surface area contributed by atoms with Crippen LogP contribution in [0.5, 0.6) is 0 Å². The van der Waals surface area contributed by atoms with Gasteiger partial charge in [0.1, 0.15) is 5.00 Å². The van der Waals surface area contributed by atoms with Gasteiger partial charge in [-0.3, -0.25) is 19.3 Å². The first-order valence-electron chi connectivity index (χ1n) is 10.9. The van der Waals surface area contributed by atoms with Crippen molar-refractivity contribution in [2.24, 2.45) is 5.73 Å². The summed E-state index contributed by atoms with van der Waals surface area (Å²) in [5.41, 5.74) is 7.64. The molecule has 0 bridgehead atoms. The minimum absolute atomic E-state index is 0.0503. The Kier molecular flexibility index (Phi) is 6.83. The third-order valence-electron chi connectivity index (χ3n) is 6.22. The Labute approximate surface area is 196 Å². The van der Waals surface area contributed by atoms with Crippen molar-refractivity contribution >= 4 is 45.7 Å². The largest absolute Gasteiger partial charge is 0.365 e. The quantitative estimate of drug-likeness (QED) is 0.695. The lowest BCUT2D eigenvalue weighted by Gasteiger charge is -2.27. The Balaban J connectivity index is 1.40. The Morgan fingerprint density at radius 2 is 1.94 bits per heavy atom. The molecule has 170 valence electrons. The zero-order chi connectivity index (χ0) is 22.8. The van der Waals surface area contributed by atoms with Gasteiger partial charge in [0.15, 0.2) is 0 Å². The molecule has 1 aromatic carbocycles. The van der Waals surface area contributed by atoms with E-state index in [4.69, 9.17) is 17.3 Å². The number of nitrogens with zero attached hydrogens (tertiary/aromatic N) is 2. The van der Waals surface area contributed by atoms with Crippen LogP contribution in [0.15, 0.2) is 24.3 Å². The molecule has 3 amide bonds. The molecule has 2 heterocycles. The fraction of sp³-hybridized carbons (Fsp3) is 0.435. The summed E-state index contributed by atoms with van der Waals surface area (Å²) >= 11 is 7.49. The zero-order valence-corrected chi connectivity index (χ0v) is 19.6. The molecule has 2 aliphatic rings. The van der Waals surface area contributed by atoms with Crippen molar-refractivity contribution in [3.05, 3.63) is 50.9 Å². The highest BCUT2D eigenvalue weighted by Gasteiger charge is 2.30. The molecule has 7 nitrogen and oxygen atoms in total. The fourth-order valence-electron chi connectivity index (χ4n) is 4.47. The summed E-state index contributed by atoms with van der Waals surface area (Å²) < 4.78 is 0. The van der Waals surface area contributed by atoms with Crippen molar-refractivity contribution in [1.29, 1.82) is 0 Å². The van der Waals surface area contributed by atoms with E-state index in [0.29, 0.717) is 47.3 Å². The Morgan fingerprint density at radius 1 is 1.12 bits per heavy atom. The predicted molar refractivity (Wildman–Crippen MR) is 126 cm³/mol. The number of nitrogens with two attached hydrogens (primary N) is 1. The number of nitrogens with one attached hydrogen (secondary N) is 1. The molecule has 0 radical (unpaired) electrons. The molecule has 1 fully saturated rings. The Morgan fingerprint density at radius 3 is 2.69 bits per heavy atom. The molecule has 1 aromatic heterocycles. The maximum atomic E-state index is 13.0. The van der Waals surface area contributed by atoms with Crippen LogP contribution >= 0.6 is 22.9 Å². The highest BCUT2D eigenvalue weighted by molar-refractivity contribution is 7.17. The van der Waals surface area contributed by atoms with E-state index in [0.717, 1.165) is 36.1 Å². The molecule has 3 N–H and O–H groups in total. The molecule has 2 aromatic rings. The van der Waals surface area contributed by atoms with Crippen LogP contribution in [0.4, 0.5) is 5.00 Å². The number of carbonyl (C=O) groups excluding carboxylic acids is 3. The number of primary amides is 1. The first kappa shape index (κ1) is 22.8. The maximum Gasteiger partial charge on any atom is 0.253 e. The number of rotatable bonds is 5. The Hall–Kier alpha value is -2.42. The van der Waals surface area contributed by atoms with Gasteiger partial charge in [-0.15, -0.1) is 11.3 Å². The summed E-state index contributed by atoms with van der Waals surface area (Å²) in [6.07, 6.45) is 3.54. The summed E-state index contributed by atoms with van der Waals surface area (Å²) in [6, 6.07) is 6.56. The number of fused-ring (bicyclic) bond motifs is 1. The van der Waals surface area contributed by atoms with Crippen LogP contribution in [-0.2, 0) is 17.6 Å². The van der Waals surface area contributed by atoms with E-state index < -0.39 is 11.9 Å². The molecule has 9 heteroatoms. The molecule has 4 rings (SSSR count). The summed E-state index contributed by atoms with van der Waals surface area (Å²) in [5.74, 6) is -0.704. The molecule has 1 saturated heterocycles. The monoisotopic (exact) mass is 474 g/mol. The van der Waals surface area contributed by atoms with Crippen LogP contribution in [0.3, 0.4) is 0 Å². The molecule has 0 saturated carbocycles. The van der Waals surface area contributed by atoms with E-state index in [1.54, 1.807) is 24.3 Å². The molecule has 1 aliphatic heterocycles. The second-order valence-corrected chi connectivity index (χ2v) is 9.82. The van der Waals surface area contributed by atoms with Gasteiger partial charge in [0.05, 0.1) is 11.6 Å². The average Bonchev–Trinajstić information content (AvgIpc) is 3.24. The lowest BCUT2D eigenvalue weighted by atomic mass is 10.1. The van der Waals surface area contributed by atoms with Crippen molar-refractivity contribution in [3.63, 3.8) is 0 Å². The van der Waals surface area contributed by atoms with Gasteiger partial charge >= 0.3 is 0 Å². The molecule has 32 heavy (non-hydrogen) atoms. The molecular weight excluding hydrogens is 448 g/mol. The summed E-state index contributed by atoms with van der Waals surface area (Å²) in [7, 11) is 0. The van der Waals surface area contributed by atoms with Gasteiger partial charge in [-0.1, -0.05) is 17.7 Å². The van der Waals surface area contributed by atoms with Gasteiger partial charge in [0.2, 0.25) is 5.91 Å². The van der Waals surface area contributed by atoms with E-state index in [1.807, 2.05) is 11.8 Å². The zero-order valence-electron chi connectivity index (χ0n) is 18.0. The first-order chi connectivity index (χ1) is 15.3. The van der Waals surface area contributed by atoms with Gasteiger partial charge in [-0.2, -0.15) is 0 Å². The predicted octanol–water partition coefficient (Wildman–Crippen LogP) is 3.16. The Bertz CT molecular complexity index is 1050. The van der Waals surface area contributed by atoms with Gasteiger partial charge in [0, 0.05) is 41.6 Å². The number of aryl methyl sites for hydroxylation is 1. The van der Waals surface area contributed by atoms with Crippen LogP contribution in [0.25, 0.3) is 0 Å². The van der Waals surface area contributed by atoms with Crippen LogP contribution < -0.4 is 11.1 Å². The third kappa shape index (κ3) is 4.67. The number of amides is 3. The molecule has 1 aliphatic carbocycles. The lowest BCUT2D eigenvalue weighted by Crippen LogP contribution is -2.44. The van der Waals surface area contributed by atoms with E-state index in [9.17, 15) is 14.4 Å². The van der Waals surface area contributed by atoms with Crippen LogP contribution in [0, 0.1) is 0 Å². The summed E-state index contributed by atoms with van der Waals surface area (Å²) in [4.78, 5) is 42.9. The van der Waals surface area contributed by atoms with E-state index in [-0.39, 0.29) is 11.8 Å². The second-order valence-electron chi connectivity index (χ2n) is 8.28. The molecule has 1 atom stereocenters. The average molecular weight is 475 g/mol. The first-order valence-corrected chi connectivity index (χ1v) is 12.1. The third-order valence-corrected chi connectivity index (χ3v) is 7.66. The summed E-state index contributed by atoms with van der Waals surface area (Å²) in [6.45, 7) is 4.31. The van der Waals surface area contributed by atoms with Crippen molar-refractivity contribution in [2.75, 3.05) is 31.5 Å². The van der Waals surface area contributed by atoms with Crippen molar-refractivity contribution < 1.29 is 14.4 Å². The standard InChI is InChI=1S/C23H27ClN4O3S/c1-14(21(30)26-22-19(20(25)29)17-7-3-8-18(17)32-22)27-9-4-10-28(12-11-27)23(31)15-5-2-6-16(24)13-15/h2,5-6,13-14H,3-4,7-12H2,1H3,(H2,25,29)(H,26,30). The van der Waals surface area contributed by atoms with Gasteiger partial charge < -0.3 is 16.0 Å². The smallest absolute Gasteiger partial charge is 0.253 e. The minimum atomic E-state index is -0.489. The summed E-state index contributed by atoms with van der Waals surface area (Å²) in [5, 5.41) is 4.04. The number of carbonyl (C=O) groups is 3. The second kappa shape index (κ2) is 9.60. The lowest BCUT2D eigenvalue weighted by molar-refractivity contribution is -0.120.